The second-order valence-electron chi connectivity index (χ2n) is 6.77. The van der Waals surface area contributed by atoms with Crippen LogP contribution in [-0.4, -0.2) is 23.1 Å². The van der Waals surface area contributed by atoms with Gasteiger partial charge in [0.25, 0.3) is 0 Å². The summed E-state index contributed by atoms with van der Waals surface area (Å²) in [7, 11) is 3.56. The van der Waals surface area contributed by atoms with Crippen LogP contribution in [0.25, 0.3) is 0 Å². The standard InChI is InChI=1S/C22H28N2O2S2/c23-19-7-1-5-17(13-19)15-21(25)9-3-11-27-28-12-4-10-22(26)16-18-6-2-8-20(24)14-18/h1-2,5-8,13-14H,3-4,9-12,15-16,23-24H2. The number of benzene rings is 2. The third kappa shape index (κ3) is 9.33. The van der Waals surface area contributed by atoms with Crippen molar-refractivity contribution in [2.24, 2.45) is 0 Å². The van der Waals surface area contributed by atoms with Crippen molar-refractivity contribution in [2.45, 2.75) is 38.5 Å². The van der Waals surface area contributed by atoms with Gasteiger partial charge in [0.15, 0.2) is 0 Å². The highest BCUT2D eigenvalue weighted by molar-refractivity contribution is 8.76. The third-order valence-electron chi connectivity index (χ3n) is 4.15. The van der Waals surface area contributed by atoms with Crippen LogP contribution >= 0.6 is 21.6 Å². The fourth-order valence-corrected chi connectivity index (χ4v) is 4.99. The Morgan fingerprint density at radius 3 is 1.54 bits per heavy atom. The minimum atomic E-state index is 0.253. The fourth-order valence-electron chi connectivity index (χ4n) is 2.81. The lowest BCUT2D eigenvalue weighted by Gasteiger charge is -2.04. The summed E-state index contributed by atoms with van der Waals surface area (Å²) in [5.41, 5.74) is 14.8. The highest BCUT2D eigenvalue weighted by Gasteiger charge is 2.06. The molecular formula is C22H28N2O2S2. The van der Waals surface area contributed by atoms with E-state index >= 15 is 0 Å². The SMILES string of the molecule is Nc1cccc(CC(=O)CCCSSCCCC(=O)Cc2cccc(N)c2)c1. The first-order valence-corrected chi connectivity index (χ1v) is 12.0. The van der Waals surface area contributed by atoms with Gasteiger partial charge in [0.05, 0.1) is 0 Å². The van der Waals surface area contributed by atoms with Gasteiger partial charge in [-0.05, 0) is 48.2 Å². The molecule has 0 aliphatic heterocycles. The number of nitrogen functional groups attached to an aromatic ring is 2. The summed E-state index contributed by atoms with van der Waals surface area (Å²) in [5.74, 6) is 2.40. The minimum absolute atomic E-state index is 0.253. The van der Waals surface area contributed by atoms with Crippen LogP contribution < -0.4 is 11.5 Å². The van der Waals surface area contributed by atoms with Crippen molar-refractivity contribution >= 4 is 44.5 Å². The molecule has 2 rings (SSSR count). The minimum Gasteiger partial charge on any atom is -0.399 e. The van der Waals surface area contributed by atoms with Gasteiger partial charge in [-0.3, -0.25) is 9.59 Å². The molecule has 0 heterocycles. The maximum atomic E-state index is 12.0. The van der Waals surface area contributed by atoms with Crippen molar-refractivity contribution in [1.29, 1.82) is 0 Å². The molecule has 0 saturated carbocycles. The first-order chi connectivity index (χ1) is 13.5. The van der Waals surface area contributed by atoms with E-state index < -0.39 is 0 Å². The van der Waals surface area contributed by atoms with E-state index in [1.807, 2.05) is 48.5 Å². The van der Waals surface area contributed by atoms with Crippen LogP contribution in [0.4, 0.5) is 11.4 Å². The first kappa shape index (κ1) is 22.4. The number of carbonyl (C=O) groups excluding carboxylic acids is 2. The summed E-state index contributed by atoms with van der Waals surface area (Å²) in [6.07, 6.45) is 3.87. The Kier molecular flexibility index (Phi) is 10.0. The number of ketones is 2. The van der Waals surface area contributed by atoms with Crippen molar-refractivity contribution in [2.75, 3.05) is 23.0 Å². The number of hydrogen-bond donors (Lipinski definition) is 2. The van der Waals surface area contributed by atoms with Gasteiger partial charge in [-0.25, -0.2) is 0 Å². The van der Waals surface area contributed by atoms with Gasteiger partial charge in [-0.2, -0.15) is 0 Å². The Hall–Kier alpha value is -1.92. The van der Waals surface area contributed by atoms with Crippen LogP contribution in [0.15, 0.2) is 48.5 Å². The van der Waals surface area contributed by atoms with E-state index in [-0.39, 0.29) is 11.6 Å². The van der Waals surface area contributed by atoms with Crippen LogP contribution in [-0.2, 0) is 22.4 Å². The molecule has 0 spiro atoms. The topological polar surface area (TPSA) is 86.2 Å². The second-order valence-corrected chi connectivity index (χ2v) is 9.47. The highest BCUT2D eigenvalue weighted by atomic mass is 33.1. The molecule has 4 N–H and O–H groups in total. The van der Waals surface area contributed by atoms with Gasteiger partial charge in [0.1, 0.15) is 11.6 Å². The third-order valence-corrected chi connectivity index (χ3v) is 6.73. The van der Waals surface area contributed by atoms with Crippen LogP contribution in [0, 0.1) is 0 Å². The average molecular weight is 417 g/mol. The number of hydrogen-bond acceptors (Lipinski definition) is 6. The largest absolute Gasteiger partial charge is 0.399 e. The van der Waals surface area contributed by atoms with Gasteiger partial charge in [-0.15, -0.1) is 0 Å². The Bertz CT molecular complexity index is 715. The van der Waals surface area contributed by atoms with Crippen LogP contribution in [0.1, 0.15) is 36.8 Å². The van der Waals surface area contributed by atoms with Crippen LogP contribution in [0.3, 0.4) is 0 Å². The van der Waals surface area contributed by atoms with Crippen molar-refractivity contribution in [3.05, 3.63) is 59.7 Å². The summed E-state index contributed by atoms with van der Waals surface area (Å²) in [4.78, 5) is 24.0. The van der Waals surface area contributed by atoms with Gasteiger partial charge in [0.2, 0.25) is 0 Å². The quantitative estimate of drug-likeness (QED) is 0.279. The summed E-state index contributed by atoms with van der Waals surface area (Å²) in [6, 6.07) is 15.0. The molecule has 0 atom stereocenters. The summed E-state index contributed by atoms with van der Waals surface area (Å²) in [5, 5.41) is 0. The molecule has 0 fully saturated rings. The number of carbonyl (C=O) groups is 2. The van der Waals surface area contributed by atoms with E-state index in [0.717, 1.165) is 35.5 Å². The van der Waals surface area contributed by atoms with E-state index in [2.05, 4.69) is 0 Å². The summed E-state index contributed by atoms with van der Waals surface area (Å²) >= 11 is 0. The van der Waals surface area contributed by atoms with Crippen molar-refractivity contribution < 1.29 is 9.59 Å². The molecule has 0 aliphatic rings. The smallest absolute Gasteiger partial charge is 0.137 e. The Labute approximate surface area is 175 Å². The van der Waals surface area contributed by atoms with E-state index in [4.69, 9.17) is 11.5 Å². The predicted octanol–water partition coefficient (Wildman–Crippen LogP) is 4.72. The van der Waals surface area contributed by atoms with Crippen molar-refractivity contribution in [1.82, 2.24) is 0 Å². The molecule has 0 saturated heterocycles. The lowest BCUT2D eigenvalue weighted by molar-refractivity contribution is -0.119. The summed E-state index contributed by atoms with van der Waals surface area (Å²) in [6.45, 7) is 0. The maximum Gasteiger partial charge on any atom is 0.137 e. The normalized spacial score (nSPS) is 10.7. The lowest BCUT2D eigenvalue weighted by atomic mass is 10.1. The molecular weight excluding hydrogens is 388 g/mol. The molecule has 0 unspecified atom stereocenters. The molecule has 0 radical (unpaired) electrons. The zero-order valence-corrected chi connectivity index (χ0v) is 17.7. The van der Waals surface area contributed by atoms with Crippen LogP contribution in [0.5, 0.6) is 0 Å². The van der Waals surface area contributed by atoms with Gasteiger partial charge < -0.3 is 11.5 Å². The van der Waals surface area contributed by atoms with Gasteiger partial charge in [-0.1, -0.05) is 45.9 Å². The Balaban J connectivity index is 1.47. The molecule has 4 nitrogen and oxygen atoms in total. The number of rotatable bonds is 13. The lowest BCUT2D eigenvalue weighted by Crippen LogP contribution is -2.04. The summed E-state index contributed by atoms with van der Waals surface area (Å²) < 4.78 is 0. The highest BCUT2D eigenvalue weighted by Crippen LogP contribution is 2.24. The van der Waals surface area contributed by atoms with Gasteiger partial charge >= 0.3 is 0 Å². The molecule has 150 valence electrons. The van der Waals surface area contributed by atoms with E-state index in [1.54, 1.807) is 21.6 Å². The number of anilines is 2. The van der Waals surface area contributed by atoms with Crippen molar-refractivity contribution in [3.8, 4) is 0 Å². The van der Waals surface area contributed by atoms with Crippen molar-refractivity contribution in [3.63, 3.8) is 0 Å². The molecule has 0 bridgehead atoms. The molecule has 2 aromatic carbocycles. The molecule has 0 aliphatic carbocycles. The molecule has 0 aromatic heterocycles. The molecule has 6 heteroatoms. The van der Waals surface area contributed by atoms with E-state index in [9.17, 15) is 9.59 Å². The molecule has 2 aromatic rings. The average Bonchev–Trinajstić information content (AvgIpc) is 2.64. The number of nitrogens with two attached hydrogens (primary N) is 2. The first-order valence-electron chi connectivity index (χ1n) is 9.49. The number of Topliss-reactive ketones (excluding diaryl/α,β-unsaturated/α-hetero) is 2. The second kappa shape index (κ2) is 12.5. The molecule has 28 heavy (non-hydrogen) atoms. The van der Waals surface area contributed by atoms with E-state index in [0.29, 0.717) is 37.1 Å². The molecule has 0 amide bonds. The van der Waals surface area contributed by atoms with Gasteiger partial charge in [0, 0.05) is 48.6 Å². The fraction of sp³-hybridized carbons (Fsp3) is 0.364. The van der Waals surface area contributed by atoms with Crippen LogP contribution in [0.2, 0.25) is 0 Å². The monoisotopic (exact) mass is 416 g/mol. The predicted molar refractivity (Wildman–Crippen MR) is 123 cm³/mol. The zero-order chi connectivity index (χ0) is 20.2. The Morgan fingerprint density at radius 1 is 0.714 bits per heavy atom. The maximum absolute atomic E-state index is 12.0. The zero-order valence-electron chi connectivity index (χ0n) is 16.1. The Morgan fingerprint density at radius 2 is 1.14 bits per heavy atom. The van der Waals surface area contributed by atoms with E-state index in [1.165, 1.54) is 0 Å².